The fourth-order valence-corrected chi connectivity index (χ4v) is 1.59. The van der Waals surface area contributed by atoms with Crippen molar-refractivity contribution < 1.29 is 14.7 Å². The smallest absolute Gasteiger partial charge is 0.290 e. The maximum atomic E-state index is 11.4. The molecule has 100 valence electrons. The van der Waals surface area contributed by atoms with Crippen molar-refractivity contribution >= 4 is 29.1 Å². The van der Waals surface area contributed by atoms with Crippen LogP contribution in [0, 0.1) is 0 Å². The summed E-state index contributed by atoms with van der Waals surface area (Å²) in [6.45, 7) is -0.250. The van der Waals surface area contributed by atoms with Crippen LogP contribution >= 0.6 is 0 Å². The molecular formula is C13H15N3O3. The lowest BCUT2D eigenvalue weighted by Gasteiger charge is -2.13. The first-order chi connectivity index (χ1) is 9.01. The molecule has 19 heavy (non-hydrogen) atoms. The Morgan fingerprint density at radius 3 is 2.47 bits per heavy atom. The van der Waals surface area contributed by atoms with E-state index in [0.717, 1.165) is 16.7 Å². The SMILES string of the molecule is CN(C)c1cc(C(N)=O)c2ccccc2n1.O=CO. The second-order valence-electron chi connectivity index (χ2n) is 3.91. The third-order valence-corrected chi connectivity index (χ3v) is 2.43. The fourth-order valence-electron chi connectivity index (χ4n) is 1.59. The normalized spacial score (nSPS) is 9.37. The molecule has 0 radical (unpaired) electrons. The lowest BCUT2D eigenvalue weighted by atomic mass is 10.1. The van der Waals surface area contributed by atoms with Gasteiger partial charge < -0.3 is 15.7 Å². The van der Waals surface area contributed by atoms with Gasteiger partial charge in [0.15, 0.2) is 0 Å². The number of rotatable bonds is 2. The maximum Gasteiger partial charge on any atom is 0.290 e. The van der Waals surface area contributed by atoms with E-state index >= 15 is 0 Å². The van der Waals surface area contributed by atoms with E-state index in [1.807, 2.05) is 43.3 Å². The molecule has 1 heterocycles. The lowest BCUT2D eigenvalue weighted by Crippen LogP contribution is -2.16. The van der Waals surface area contributed by atoms with Gasteiger partial charge in [-0.2, -0.15) is 0 Å². The standard InChI is InChI=1S/C12H13N3O.CH2O2/c1-15(2)11-7-9(12(13)16)8-5-3-4-6-10(8)14-11;2-1-3/h3-7H,1-2H3,(H2,13,16);1H,(H,2,3). The van der Waals surface area contributed by atoms with E-state index in [0.29, 0.717) is 5.56 Å². The Morgan fingerprint density at radius 2 is 1.95 bits per heavy atom. The molecule has 1 aromatic carbocycles. The summed E-state index contributed by atoms with van der Waals surface area (Å²) in [6, 6.07) is 9.19. The summed E-state index contributed by atoms with van der Waals surface area (Å²) in [5.74, 6) is 0.300. The number of benzene rings is 1. The molecule has 0 aliphatic rings. The van der Waals surface area contributed by atoms with Crippen molar-refractivity contribution in [3.8, 4) is 0 Å². The van der Waals surface area contributed by atoms with E-state index in [4.69, 9.17) is 15.6 Å². The highest BCUT2D eigenvalue weighted by atomic mass is 16.3. The van der Waals surface area contributed by atoms with E-state index in [-0.39, 0.29) is 6.47 Å². The largest absolute Gasteiger partial charge is 0.483 e. The molecule has 0 bridgehead atoms. The van der Waals surface area contributed by atoms with Gasteiger partial charge in [-0.15, -0.1) is 0 Å². The van der Waals surface area contributed by atoms with Crippen molar-refractivity contribution in [3.63, 3.8) is 0 Å². The van der Waals surface area contributed by atoms with Gasteiger partial charge in [0.25, 0.3) is 6.47 Å². The zero-order chi connectivity index (χ0) is 14.4. The second-order valence-corrected chi connectivity index (χ2v) is 3.91. The van der Waals surface area contributed by atoms with Gasteiger partial charge in [-0.25, -0.2) is 4.98 Å². The Balaban J connectivity index is 0.000000550. The van der Waals surface area contributed by atoms with Crippen LogP contribution < -0.4 is 10.6 Å². The number of carboxylic acid groups (broad SMARTS) is 1. The summed E-state index contributed by atoms with van der Waals surface area (Å²) in [5.41, 5.74) is 6.65. The highest BCUT2D eigenvalue weighted by Crippen LogP contribution is 2.21. The maximum absolute atomic E-state index is 11.4. The molecule has 0 atom stereocenters. The van der Waals surface area contributed by atoms with Gasteiger partial charge in [0.05, 0.1) is 11.1 Å². The van der Waals surface area contributed by atoms with Gasteiger partial charge in [0.1, 0.15) is 5.82 Å². The number of nitrogens with two attached hydrogens (primary N) is 1. The van der Waals surface area contributed by atoms with Crippen molar-refractivity contribution in [1.29, 1.82) is 0 Å². The van der Waals surface area contributed by atoms with E-state index in [1.54, 1.807) is 6.07 Å². The zero-order valence-electron chi connectivity index (χ0n) is 10.7. The number of carbonyl (C=O) groups is 2. The lowest BCUT2D eigenvalue weighted by molar-refractivity contribution is -0.122. The number of primary amides is 1. The van der Waals surface area contributed by atoms with Crippen LogP contribution in [0.4, 0.5) is 5.82 Å². The van der Waals surface area contributed by atoms with Crippen LogP contribution in [-0.2, 0) is 4.79 Å². The third-order valence-electron chi connectivity index (χ3n) is 2.43. The first-order valence-corrected chi connectivity index (χ1v) is 5.46. The summed E-state index contributed by atoms with van der Waals surface area (Å²) in [7, 11) is 3.75. The molecule has 0 fully saturated rings. The van der Waals surface area contributed by atoms with Gasteiger partial charge in [-0.1, -0.05) is 18.2 Å². The molecule has 2 aromatic rings. The number of pyridine rings is 1. The number of fused-ring (bicyclic) bond motifs is 1. The number of aromatic nitrogens is 1. The number of nitrogens with zero attached hydrogens (tertiary/aromatic N) is 2. The topological polar surface area (TPSA) is 96.5 Å². The molecule has 3 N–H and O–H groups in total. The molecule has 0 aliphatic carbocycles. The average molecular weight is 261 g/mol. The first-order valence-electron chi connectivity index (χ1n) is 5.46. The first kappa shape index (κ1) is 14.4. The Bertz CT molecular complexity index is 597. The molecule has 0 spiro atoms. The minimum absolute atomic E-state index is 0.250. The van der Waals surface area contributed by atoms with Crippen LogP contribution in [0.2, 0.25) is 0 Å². The minimum atomic E-state index is -0.429. The third kappa shape index (κ3) is 3.41. The molecule has 0 aliphatic heterocycles. The van der Waals surface area contributed by atoms with Crippen LogP contribution in [-0.4, -0.2) is 36.6 Å². The number of hydrogen-bond donors (Lipinski definition) is 2. The summed E-state index contributed by atoms with van der Waals surface area (Å²) in [6.07, 6.45) is 0. The summed E-state index contributed by atoms with van der Waals surface area (Å²) < 4.78 is 0. The van der Waals surface area contributed by atoms with Gasteiger partial charge in [0.2, 0.25) is 5.91 Å². The van der Waals surface area contributed by atoms with Gasteiger partial charge >= 0.3 is 0 Å². The van der Waals surface area contributed by atoms with Crippen LogP contribution in [0.25, 0.3) is 10.9 Å². The summed E-state index contributed by atoms with van der Waals surface area (Å²) in [5, 5.41) is 7.68. The molecular weight excluding hydrogens is 246 g/mol. The second kappa shape index (κ2) is 6.34. The molecule has 2 rings (SSSR count). The number of para-hydroxylation sites is 1. The van der Waals surface area contributed by atoms with Crippen molar-refractivity contribution in [2.24, 2.45) is 5.73 Å². The summed E-state index contributed by atoms with van der Waals surface area (Å²) >= 11 is 0. The molecule has 6 nitrogen and oxygen atoms in total. The molecule has 0 saturated heterocycles. The Hall–Kier alpha value is -2.63. The Kier molecular flexibility index (Phi) is 4.82. The van der Waals surface area contributed by atoms with E-state index < -0.39 is 5.91 Å². The van der Waals surface area contributed by atoms with Crippen molar-refractivity contribution in [3.05, 3.63) is 35.9 Å². The van der Waals surface area contributed by atoms with E-state index in [9.17, 15) is 4.79 Å². The van der Waals surface area contributed by atoms with Crippen molar-refractivity contribution in [2.75, 3.05) is 19.0 Å². The van der Waals surface area contributed by atoms with Gasteiger partial charge in [-0.05, 0) is 12.1 Å². The minimum Gasteiger partial charge on any atom is -0.483 e. The zero-order valence-corrected chi connectivity index (χ0v) is 10.7. The van der Waals surface area contributed by atoms with Gasteiger partial charge in [0, 0.05) is 19.5 Å². The predicted molar refractivity (Wildman–Crippen MR) is 73.3 cm³/mol. The van der Waals surface area contributed by atoms with Gasteiger partial charge in [-0.3, -0.25) is 9.59 Å². The van der Waals surface area contributed by atoms with Crippen molar-refractivity contribution in [1.82, 2.24) is 4.98 Å². The highest BCUT2D eigenvalue weighted by Gasteiger charge is 2.10. The fraction of sp³-hybridized carbons (Fsp3) is 0.154. The predicted octanol–water partition coefficient (Wildman–Crippen LogP) is 1.10. The van der Waals surface area contributed by atoms with Crippen LogP contribution in [0.1, 0.15) is 10.4 Å². The molecule has 1 amide bonds. The quantitative estimate of drug-likeness (QED) is 0.789. The van der Waals surface area contributed by atoms with Crippen molar-refractivity contribution in [2.45, 2.75) is 0 Å². The molecule has 0 saturated carbocycles. The molecule has 1 aromatic heterocycles. The number of hydrogen-bond acceptors (Lipinski definition) is 4. The summed E-state index contributed by atoms with van der Waals surface area (Å²) in [4.78, 5) is 26.0. The van der Waals surface area contributed by atoms with Crippen LogP contribution in [0.3, 0.4) is 0 Å². The average Bonchev–Trinajstić information content (AvgIpc) is 2.38. The van der Waals surface area contributed by atoms with Crippen LogP contribution in [0.5, 0.6) is 0 Å². The molecule has 0 unspecified atom stereocenters. The number of anilines is 1. The highest BCUT2D eigenvalue weighted by molar-refractivity contribution is 6.06. The molecule has 6 heteroatoms. The Morgan fingerprint density at radius 1 is 1.37 bits per heavy atom. The van der Waals surface area contributed by atoms with E-state index in [1.165, 1.54) is 0 Å². The van der Waals surface area contributed by atoms with Crippen LogP contribution in [0.15, 0.2) is 30.3 Å². The Labute approximate surface area is 110 Å². The number of amides is 1. The monoisotopic (exact) mass is 261 g/mol. The van der Waals surface area contributed by atoms with E-state index in [2.05, 4.69) is 4.98 Å². The number of carbonyl (C=O) groups excluding carboxylic acids is 1.